The summed E-state index contributed by atoms with van der Waals surface area (Å²) in [7, 11) is 0. The van der Waals surface area contributed by atoms with E-state index in [-0.39, 0.29) is 5.91 Å². The smallest absolute Gasteiger partial charge is 0.217 e. The van der Waals surface area contributed by atoms with Crippen molar-refractivity contribution >= 4 is 5.91 Å². The number of rotatable bonds is 5. The number of carbonyl (C=O) groups is 1. The van der Waals surface area contributed by atoms with Crippen LogP contribution in [0.25, 0.3) is 0 Å². The number of piperazine rings is 1. The highest BCUT2D eigenvalue weighted by Crippen LogP contribution is 2.48. The van der Waals surface area contributed by atoms with Gasteiger partial charge in [-0.05, 0) is 50.7 Å². The molecule has 3 aliphatic rings. The Bertz CT molecular complexity index is 390. The van der Waals surface area contributed by atoms with Crippen molar-refractivity contribution in [2.75, 3.05) is 58.9 Å². The van der Waals surface area contributed by atoms with Gasteiger partial charge in [-0.2, -0.15) is 0 Å². The SMILES string of the molecule is CCN1CCN(CCN2CCC3(CC2)CC(NC(C)=O)C3)CC1. The molecular formula is C18H34N4O. The Hall–Kier alpha value is -0.650. The van der Waals surface area contributed by atoms with E-state index < -0.39 is 0 Å². The van der Waals surface area contributed by atoms with Crippen LogP contribution in [-0.2, 0) is 4.79 Å². The number of piperidine rings is 1. The zero-order chi connectivity index (χ0) is 16.3. The standard InChI is InChI=1S/C18H34N4O/c1-3-20-8-10-22(11-9-20)13-12-21-6-4-18(5-7-21)14-17(15-18)19-16(2)23/h17H,3-15H2,1-2H3,(H,19,23). The second kappa shape index (κ2) is 7.49. The molecule has 2 saturated heterocycles. The van der Waals surface area contributed by atoms with Crippen molar-refractivity contribution in [3.63, 3.8) is 0 Å². The van der Waals surface area contributed by atoms with Gasteiger partial charge in [0.25, 0.3) is 0 Å². The molecule has 2 heterocycles. The van der Waals surface area contributed by atoms with Crippen LogP contribution in [0.5, 0.6) is 0 Å². The molecule has 0 aromatic rings. The average molecular weight is 322 g/mol. The van der Waals surface area contributed by atoms with Crippen molar-refractivity contribution in [1.29, 1.82) is 0 Å². The highest BCUT2D eigenvalue weighted by Gasteiger charge is 2.45. The van der Waals surface area contributed by atoms with Crippen LogP contribution in [0, 0.1) is 5.41 Å². The number of likely N-dealkylation sites (N-methyl/N-ethyl adjacent to an activating group) is 1. The summed E-state index contributed by atoms with van der Waals surface area (Å²) >= 11 is 0. The number of nitrogens with zero attached hydrogens (tertiary/aromatic N) is 3. The van der Waals surface area contributed by atoms with Gasteiger partial charge in [0.2, 0.25) is 5.91 Å². The maximum Gasteiger partial charge on any atom is 0.217 e. The van der Waals surface area contributed by atoms with E-state index in [4.69, 9.17) is 0 Å². The van der Waals surface area contributed by atoms with E-state index in [0.29, 0.717) is 11.5 Å². The number of nitrogens with one attached hydrogen (secondary N) is 1. The fraction of sp³-hybridized carbons (Fsp3) is 0.944. The predicted octanol–water partition coefficient (Wildman–Crippen LogP) is 1.00. The first-order valence-electron chi connectivity index (χ1n) is 9.53. The minimum atomic E-state index is 0.130. The average Bonchev–Trinajstić information content (AvgIpc) is 2.53. The summed E-state index contributed by atoms with van der Waals surface area (Å²) in [6, 6.07) is 0.453. The maximum absolute atomic E-state index is 11.1. The minimum absolute atomic E-state index is 0.130. The first-order chi connectivity index (χ1) is 11.1. The molecular weight excluding hydrogens is 288 g/mol. The molecule has 1 saturated carbocycles. The molecule has 1 spiro atoms. The molecule has 23 heavy (non-hydrogen) atoms. The lowest BCUT2D eigenvalue weighted by Gasteiger charge is -2.52. The van der Waals surface area contributed by atoms with E-state index in [2.05, 4.69) is 26.9 Å². The van der Waals surface area contributed by atoms with Crippen LogP contribution in [0.15, 0.2) is 0 Å². The molecule has 0 radical (unpaired) electrons. The molecule has 0 unspecified atom stereocenters. The number of carbonyl (C=O) groups excluding carboxylic acids is 1. The second-order valence-corrected chi connectivity index (χ2v) is 7.92. The molecule has 2 aliphatic heterocycles. The molecule has 3 rings (SSSR count). The Morgan fingerprint density at radius 3 is 2.00 bits per heavy atom. The summed E-state index contributed by atoms with van der Waals surface area (Å²) < 4.78 is 0. The van der Waals surface area contributed by atoms with Gasteiger partial charge in [0, 0.05) is 52.2 Å². The highest BCUT2D eigenvalue weighted by atomic mass is 16.1. The number of amides is 1. The maximum atomic E-state index is 11.1. The zero-order valence-corrected chi connectivity index (χ0v) is 15.0. The van der Waals surface area contributed by atoms with Gasteiger partial charge in [0.15, 0.2) is 0 Å². The Morgan fingerprint density at radius 2 is 1.48 bits per heavy atom. The van der Waals surface area contributed by atoms with E-state index in [1.54, 1.807) is 6.92 Å². The topological polar surface area (TPSA) is 38.8 Å². The molecule has 5 heteroatoms. The second-order valence-electron chi connectivity index (χ2n) is 7.92. The monoisotopic (exact) mass is 322 g/mol. The molecule has 0 atom stereocenters. The number of hydrogen-bond acceptors (Lipinski definition) is 4. The Morgan fingerprint density at radius 1 is 0.957 bits per heavy atom. The van der Waals surface area contributed by atoms with Crippen molar-refractivity contribution < 1.29 is 4.79 Å². The molecule has 5 nitrogen and oxygen atoms in total. The molecule has 3 fully saturated rings. The largest absolute Gasteiger partial charge is 0.354 e. The van der Waals surface area contributed by atoms with Gasteiger partial charge in [-0.1, -0.05) is 6.92 Å². The fourth-order valence-corrected chi connectivity index (χ4v) is 4.65. The quantitative estimate of drug-likeness (QED) is 0.820. The summed E-state index contributed by atoms with van der Waals surface area (Å²) in [4.78, 5) is 19.0. The van der Waals surface area contributed by atoms with Crippen molar-refractivity contribution in [3.05, 3.63) is 0 Å². The summed E-state index contributed by atoms with van der Waals surface area (Å²) in [6.07, 6.45) is 5.07. The Balaban J connectivity index is 1.31. The van der Waals surface area contributed by atoms with Gasteiger partial charge in [0.1, 0.15) is 0 Å². The summed E-state index contributed by atoms with van der Waals surface area (Å²) in [5, 5.41) is 3.08. The van der Waals surface area contributed by atoms with Crippen molar-refractivity contribution in [3.8, 4) is 0 Å². The van der Waals surface area contributed by atoms with Crippen LogP contribution in [0.3, 0.4) is 0 Å². The lowest BCUT2D eigenvalue weighted by Crippen LogP contribution is -2.55. The third-order valence-electron chi connectivity index (χ3n) is 6.33. The van der Waals surface area contributed by atoms with E-state index in [9.17, 15) is 4.79 Å². The van der Waals surface area contributed by atoms with Gasteiger partial charge in [-0.3, -0.25) is 9.69 Å². The highest BCUT2D eigenvalue weighted by molar-refractivity contribution is 5.73. The molecule has 0 bridgehead atoms. The van der Waals surface area contributed by atoms with E-state index in [0.717, 1.165) is 0 Å². The van der Waals surface area contributed by atoms with Crippen LogP contribution in [0.4, 0.5) is 0 Å². The van der Waals surface area contributed by atoms with Gasteiger partial charge in [0.05, 0.1) is 0 Å². The lowest BCUT2D eigenvalue weighted by molar-refractivity contribution is -0.121. The number of likely N-dealkylation sites (tertiary alicyclic amines) is 1. The van der Waals surface area contributed by atoms with Crippen molar-refractivity contribution in [1.82, 2.24) is 20.0 Å². The summed E-state index contributed by atoms with van der Waals surface area (Å²) in [6.45, 7) is 15.0. The molecule has 1 N–H and O–H groups in total. The molecule has 1 aliphatic carbocycles. The van der Waals surface area contributed by atoms with Crippen molar-refractivity contribution in [2.45, 2.75) is 45.6 Å². The Labute approximate surface area is 141 Å². The van der Waals surface area contributed by atoms with Gasteiger partial charge < -0.3 is 15.1 Å². The van der Waals surface area contributed by atoms with Crippen LogP contribution in [0.1, 0.15) is 39.5 Å². The van der Waals surface area contributed by atoms with Gasteiger partial charge in [-0.25, -0.2) is 0 Å². The minimum Gasteiger partial charge on any atom is -0.354 e. The van der Waals surface area contributed by atoms with Gasteiger partial charge >= 0.3 is 0 Å². The summed E-state index contributed by atoms with van der Waals surface area (Å²) in [5.74, 6) is 0.130. The van der Waals surface area contributed by atoms with E-state index in [1.807, 2.05) is 0 Å². The lowest BCUT2D eigenvalue weighted by atomic mass is 9.60. The zero-order valence-electron chi connectivity index (χ0n) is 15.0. The molecule has 0 aromatic heterocycles. The van der Waals surface area contributed by atoms with Crippen LogP contribution in [-0.4, -0.2) is 85.6 Å². The Kier molecular flexibility index (Phi) is 5.60. The van der Waals surface area contributed by atoms with E-state index in [1.165, 1.54) is 84.6 Å². The fourth-order valence-electron chi connectivity index (χ4n) is 4.65. The van der Waals surface area contributed by atoms with E-state index >= 15 is 0 Å². The first kappa shape index (κ1) is 17.2. The number of hydrogen-bond donors (Lipinski definition) is 1. The van der Waals surface area contributed by atoms with Crippen LogP contribution < -0.4 is 5.32 Å². The first-order valence-corrected chi connectivity index (χ1v) is 9.53. The molecule has 0 aromatic carbocycles. The van der Waals surface area contributed by atoms with Crippen LogP contribution in [0.2, 0.25) is 0 Å². The molecule has 1 amide bonds. The normalized spacial score (nSPS) is 27.0. The molecule has 132 valence electrons. The van der Waals surface area contributed by atoms with Gasteiger partial charge in [-0.15, -0.1) is 0 Å². The van der Waals surface area contributed by atoms with Crippen LogP contribution >= 0.6 is 0 Å². The third-order valence-corrected chi connectivity index (χ3v) is 6.33. The predicted molar refractivity (Wildman–Crippen MR) is 93.5 cm³/mol. The van der Waals surface area contributed by atoms with Crippen molar-refractivity contribution in [2.24, 2.45) is 5.41 Å². The summed E-state index contributed by atoms with van der Waals surface area (Å²) in [5.41, 5.74) is 0.552. The third kappa shape index (κ3) is 4.46.